The highest BCUT2D eigenvalue weighted by Crippen LogP contribution is 2.21. The van der Waals surface area contributed by atoms with Crippen LogP contribution in [0.15, 0.2) is 30.5 Å². The number of rotatable bonds is 4. The minimum absolute atomic E-state index is 0.409. The number of anilines is 1. The van der Waals surface area contributed by atoms with Crippen molar-refractivity contribution in [3.05, 3.63) is 36.2 Å². The lowest BCUT2D eigenvalue weighted by molar-refractivity contribution is 0.307. The van der Waals surface area contributed by atoms with Gasteiger partial charge in [-0.15, -0.1) is 0 Å². The van der Waals surface area contributed by atoms with Gasteiger partial charge in [-0.1, -0.05) is 6.92 Å². The van der Waals surface area contributed by atoms with Crippen LogP contribution < -0.4 is 10.5 Å². The topological polar surface area (TPSA) is 76.9 Å². The average molecular weight is 242 g/mol. The molecule has 92 valence electrons. The molecule has 0 aliphatic carbocycles. The maximum atomic E-state index is 8.98. The maximum absolute atomic E-state index is 8.98. The lowest BCUT2D eigenvalue weighted by atomic mass is 10.4. The van der Waals surface area contributed by atoms with E-state index in [1.165, 1.54) is 0 Å². The standard InChI is InChI=1S/C13H14N4O/c1-2-8-18-13-11(15)5-6-12(16-13)17-7-3-4-10(17)9-14/h3-7H,2,8,15H2,1H3. The van der Waals surface area contributed by atoms with E-state index in [2.05, 4.69) is 11.1 Å². The van der Waals surface area contributed by atoms with Gasteiger partial charge in [0.1, 0.15) is 17.6 Å². The van der Waals surface area contributed by atoms with Crippen LogP contribution in [0.4, 0.5) is 5.69 Å². The van der Waals surface area contributed by atoms with Gasteiger partial charge in [0.05, 0.1) is 12.3 Å². The summed E-state index contributed by atoms with van der Waals surface area (Å²) in [7, 11) is 0. The molecule has 2 N–H and O–H groups in total. The first-order valence-electron chi connectivity index (χ1n) is 5.73. The highest BCUT2D eigenvalue weighted by molar-refractivity contribution is 5.51. The third kappa shape index (κ3) is 2.28. The Balaban J connectivity index is 2.38. The molecule has 0 fully saturated rings. The summed E-state index contributed by atoms with van der Waals surface area (Å²) in [5.41, 5.74) is 6.81. The maximum Gasteiger partial charge on any atom is 0.239 e. The van der Waals surface area contributed by atoms with Gasteiger partial charge in [-0.2, -0.15) is 10.2 Å². The van der Waals surface area contributed by atoms with Crippen LogP contribution in [0.25, 0.3) is 5.82 Å². The molecule has 0 amide bonds. The van der Waals surface area contributed by atoms with E-state index in [1.807, 2.05) is 6.92 Å². The molecule has 0 unspecified atom stereocenters. The summed E-state index contributed by atoms with van der Waals surface area (Å²) >= 11 is 0. The normalized spacial score (nSPS) is 10.0. The number of aromatic nitrogens is 2. The summed E-state index contributed by atoms with van der Waals surface area (Å²) in [6.45, 7) is 2.58. The summed E-state index contributed by atoms with van der Waals surface area (Å²) < 4.78 is 7.16. The van der Waals surface area contributed by atoms with Crippen molar-refractivity contribution in [1.29, 1.82) is 5.26 Å². The van der Waals surface area contributed by atoms with Crippen LogP contribution in [-0.2, 0) is 0 Å². The number of nitrogens with zero attached hydrogens (tertiary/aromatic N) is 3. The quantitative estimate of drug-likeness (QED) is 0.890. The second-order valence-electron chi connectivity index (χ2n) is 3.79. The third-order valence-electron chi connectivity index (χ3n) is 2.43. The largest absolute Gasteiger partial charge is 0.476 e. The highest BCUT2D eigenvalue weighted by atomic mass is 16.5. The van der Waals surface area contributed by atoms with Crippen molar-refractivity contribution in [3.8, 4) is 17.8 Å². The number of hydrogen-bond acceptors (Lipinski definition) is 4. The molecule has 0 aliphatic rings. The molecule has 2 aromatic rings. The Bertz CT molecular complexity index is 583. The van der Waals surface area contributed by atoms with Gasteiger partial charge in [0.2, 0.25) is 5.88 Å². The van der Waals surface area contributed by atoms with Gasteiger partial charge in [0.15, 0.2) is 0 Å². The molecule has 0 bridgehead atoms. The molecule has 2 aromatic heterocycles. The molecule has 0 saturated heterocycles. The lowest BCUT2D eigenvalue weighted by Crippen LogP contribution is -2.05. The van der Waals surface area contributed by atoms with Gasteiger partial charge in [0.25, 0.3) is 0 Å². The first kappa shape index (κ1) is 12.0. The number of pyridine rings is 1. The number of hydrogen-bond donors (Lipinski definition) is 1. The summed E-state index contributed by atoms with van der Waals surface area (Å²) in [5.74, 6) is 1.03. The zero-order valence-electron chi connectivity index (χ0n) is 10.1. The van der Waals surface area contributed by atoms with Crippen molar-refractivity contribution in [2.45, 2.75) is 13.3 Å². The van der Waals surface area contributed by atoms with Crippen LogP contribution in [0.2, 0.25) is 0 Å². The molecule has 5 nitrogen and oxygen atoms in total. The zero-order chi connectivity index (χ0) is 13.0. The predicted molar refractivity (Wildman–Crippen MR) is 68.5 cm³/mol. The van der Waals surface area contributed by atoms with E-state index >= 15 is 0 Å². The van der Waals surface area contributed by atoms with Gasteiger partial charge < -0.3 is 10.5 Å². The Morgan fingerprint density at radius 1 is 1.44 bits per heavy atom. The molecular weight excluding hydrogens is 228 g/mol. The van der Waals surface area contributed by atoms with E-state index in [9.17, 15) is 0 Å². The molecule has 2 heterocycles. The van der Waals surface area contributed by atoms with Crippen LogP contribution in [0.3, 0.4) is 0 Å². The van der Waals surface area contributed by atoms with E-state index in [0.29, 0.717) is 29.7 Å². The molecular formula is C13H14N4O. The summed E-state index contributed by atoms with van der Waals surface area (Å²) in [5, 5.41) is 8.98. The zero-order valence-corrected chi connectivity index (χ0v) is 10.1. The van der Waals surface area contributed by atoms with Crippen LogP contribution in [0.5, 0.6) is 5.88 Å². The Morgan fingerprint density at radius 3 is 3.00 bits per heavy atom. The predicted octanol–water partition coefficient (Wildman–Crippen LogP) is 2.11. The number of nitrogen functional groups attached to an aromatic ring is 1. The van der Waals surface area contributed by atoms with Crippen LogP contribution in [0, 0.1) is 11.3 Å². The minimum Gasteiger partial charge on any atom is -0.476 e. The summed E-state index contributed by atoms with van der Waals surface area (Å²) in [4.78, 5) is 4.33. The van der Waals surface area contributed by atoms with Gasteiger partial charge >= 0.3 is 0 Å². The SMILES string of the molecule is CCCOc1nc(-n2cccc2C#N)ccc1N. The molecule has 18 heavy (non-hydrogen) atoms. The Labute approximate surface area is 105 Å². The van der Waals surface area contributed by atoms with E-state index in [1.54, 1.807) is 35.0 Å². The summed E-state index contributed by atoms with van der Waals surface area (Å²) in [6, 6.07) is 9.11. The van der Waals surface area contributed by atoms with Crippen molar-refractivity contribution in [2.75, 3.05) is 12.3 Å². The van der Waals surface area contributed by atoms with Crippen LogP contribution in [-0.4, -0.2) is 16.2 Å². The van der Waals surface area contributed by atoms with Crippen LogP contribution >= 0.6 is 0 Å². The van der Waals surface area contributed by atoms with Crippen molar-refractivity contribution in [1.82, 2.24) is 9.55 Å². The van der Waals surface area contributed by atoms with Crippen molar-refractivity contribution in [3.63, 3.8) is 0 Å². The number of ether oxygens (including phenoxy) is 1. The van der Waals surface area contributed by atoms with E-state index in [0.717, 1.165) is 6.42 Å². The van der Waals surface area contributed by atoms with E-state index in [-0.39, 0.29) is 0 Å². The highest BCUT2D eigenvalue weighted by Gasteiger charge is 2.08. The molecule has 0 atom stereocenters. The van der Waals surface area contributed by atoms with Crippen molar-refractivity contribution < 1.29 is 4.74 Å². The second-order valence-corrected chi connectivity index (χ2v) is 3.79. The first-order valence-corrected chi connectivity index (χ1v) is 5.73. The molecule has 0 spiro atoms. The van der Waals surface area contributed by atoms with Crippen molar-refractivity contribution in [2.24, 2.45) is 0 Å². The fraction of sp³-hybridized carbons (Fsp3) is 0.231. The monoisotopic (exact) mass is 242 g/mol. The van der Waals surface area contributed by atoms with E-state index in [4.69, 9.17) is 15.7 Å². The molecule has 5 heteroatoms. The Kier molecular flexibility index (Phi) is 3.49. The smallest absolute Gasteiger partial charge is 0.239 e. The second kappa shape index (κ2) is 5.23. The number of nitriles is 1. The van der Waals surface area contributed by atoms with Crippen molar-refractivity contribution >= 4 is 5.69 Å². The lowest BCUT2D eigenvalue weighted by Gasteiger charge is -2.09. The van der Waals surface area contributed by atoms with Gasteiger partial charge in [-0.05, 0) is 30.7 Å². The molecule has 0 aromatic carbocycles. The molecule has 0 radical (unpaired) electrons. The van der Waals surface area contributed by atoms with Gasteiger partial charge in [0, 0.05) is 6.20 Å². The van der Waals surface area contributed by atoms with E-state index < -0.39 is 0 Å². The molecule has 2 rings (SSSR count). The van der Waals surface area contributed by atoms with Gasteiger partial charge in [-0.25, -0.2) is 0 Å². The Morgan fingerprint density at radius 2 is 2.28 bits per heavy atom. The fourth-order valence-electron chi connectivity index (χ4n) is 1.56. The molecule has 0 aliphatic heterocycles. The molecule has 0 saturated carbocycles. The Hall–Kier alpha value is -2.48. The number of nitrogens with two attached hydrogens (primary N) is 1. The minimum atomic E-state index is 0.409. The summed E-state index contributed by atoms with van der Waals surface area (Å²) in [6.07, 6.45) is 2.67. The average Bonchev–Trinajstić information content (AvgIpc) is 2.86. The van der Waals surface area contributed by atoms with Crippen LogP contribution in [0.1, 0.15) is 19.0 Å². The first-order chi connectivity index (χ1) is 8.76. The fourth-order valence-corrected chi connectivity index (χ4v) is 1.56. The van der Waals surface area contributed by atoms with Gasteiger partial charge in [-0.3, -0.25) is 4.57 Å². The third-order valence-corrected chi connectivity index (χ3v) is 2.43.